The van der Waals surface area contributed by atoms with Gasteiger partial charge in [-0.2, -0.15) is 0 Å². The SMILES string of the molecule is COc1cc(OC)cc(C(=O)N(C)CCN2CCCCC2)c1. The largest absolute Gasteiger partial charge is 0.497 e. The number of likely N-dealkylation sites (N-methyl/N-ethyl adjacent to an activating group) is 1. The fraction of sp³-hybridized carbons (Fsp3) is 0.588. The van der Waals surface area contributed by atoms with E-state index in [2.05, 4.69) is 4.90 Å². The second-order valence-electron chi connectivity index (χ2n) is 5.73. The first-order valence-electron chi connectivity index (χ1n) is 7.85. The lowest BCUT2D eigenvalue weighted by molar-refractivity contribution is 0.0772. The fourth-order valence-corrected chi connectivity index (χ4v) is 2.73. The first-order valence-corrected chi connectivity index (χ1v) is 7.85. The average Bonchev–Trinajstić information content (AvgIpc) is 2.59. The molecule has 1 aliphatic rings. The number of benzene rings is 1. The molecular formula is C17H26N2O3. The first kappa shape index (κ1) is 16.6. The third-order valence-electron chi connectivity index (χ3n) is 4.15. The van der Waals surface area contributed by atoms with Crippen LogP contribution >= 0.6 is 0 Å². The average molecular weight is 306 g/mol. The monoisotopic (exact) mass is 306 g/mol. The van der Waals surface area contributed by atoms with Crippen LogP contribution < -0.4 is 9.47 Å². The van der Waals surface area contributed by atoms with Crippen LogP contribution in [0.4, 0.5) is 0 Å². The van der Waals surface area contributed by atoms with Gasteiger partial charge in [0.1, 0.15) is 11.5 Å². The van der Waals surface area contributed by atoms with Gasteiger partial charge in [0.15, 0.2) is 0 Å². The maximum Gasteiger partial charge on any atom is 0.253 e. The molecule has 0 N–H and O–H groups in total. The number of carbonyl (C=O) groups excluding carboxylic acids is 1. The van der Waals surface area contributed by atoms with Crippen molar-refractivity contribution >= 4 is 5.91 Å². The van der Waals surface area contributed by atoms with Crippen molar-refractivity contribution in [3.8, 4) is 11.5 Å². The predicted molar refractivity (Wildman–Crippen MR) is 86.8 cm³/mol. The van der Waals surface area contributed by atoms with Crippen LogP contribution in [0.5, 0.6) is 11.5 Å². The number of piperidine rings is 1. The quantitative estimate of drug-likeness (QED) is 0.808. The van der Waals surface area contributed by atoms with E-state index in [1.807, 2.05) is 7.05 Å². The highest BCUT2D eigenvalue weighted by molar-refractivity contribution is 5.95. The van der Waals surface area contributed by atoms with E-state index >= 15 is 0 Å². The molecule has 0 spiro atoms. The molecule has 0 aliphatic carbocycles. The lowest BCUT2D eigenvalue weighted by atomic mass is 10.1. The molecule has 1 aromatic rings. The normalized spacial score (nSPS) is 15.4. The van der Waals surface area contributed by atoms with Gasteiger partial charge >= 0.3 is 0 Å². The highest BCUT2D eigenvalue weighted by atomic mass is 16.5. The van der Waals surface area contributed by atoms with Gasteiger partial charge in [0.05, 0.1) is 14.2 Å². The number of hydrogen-bond donors (Lipinski definition) is 0. The maximum atomic E-state index is 12.5. The van der Waals surface area contributed by atoms with Gasteiger partial charge in [-0.1, -0.05) is 6.42 Å². The number of methoxy groups -OCH3 is 2. The number of amides is 1. The minimum absolute atomic E-state index is 0.00536. The fourth-order valence-electron chi connectivity index (χ4n) is 2.73. The molecule has 22 heavy (non-hydrogen) atoms. The summed E-state index contributed by atoms with van der Waals surface area (Å²) in [6.45, 7) is 3.96. The molecule has 0 saturated carbocycles. The van der Waals surface area contributed by atoms with Crippen LogP contribution in [0.2, 0.25) is 0 Å². The van der Waals surface area contributed by atoms with Crippen LogP contribution in [0.25, 0.3) is 0 Å². The Morgan fingerprint density at radius 3 is 2.23 bits per heavy atom. The Labute approximate surface area is 132 Å². The summed E-state index contributed by atoms with van der Waals surface area (Å²) in [6.07, 6.45) is 3.87. The minimum atomic E-state index is -0.00536. The Hall–Kier alpha value is -1.75. The topological polar surface area (TPSA) is 42.0 Å². The number of ether oxygens (including phenoxy) is 2. The van der Waals surface area contributed by atoms with Crippen molar-refractivity contribution < 1.29 is 14.3 Å². The van der Waals surface area contributed by atoms with Crippen LogP contribution in [-0.2, 0) is 0 Å². The zero-order valence-electron chi connectivity index (χ0n) is 13.8. The predicted octanol–water partition coefficient (Wildman–Crippen LogP) is 2.26. The number of rotatable bonds is 6. The molecule has 1 aromatic carbocycles. The molecule has 122 valence electrons. The lowest BCUT2D eigenvalue weighted by Gasteiger charge is -2.28. The second-order valence-corrected chi connectivity index (χ2v) is 5.73. The molecule has 2 rings (SSSR count). The summed E-state index contributed by atoms with van der Waals surface area (Å²) < 4.78 is 10.4. The van der Waals surface area contributed by atoms with Gasteiger partial charge in [-0.25, -0.2) is 0 Å². The Morgan fingerprint density at radius 2 is 1.68 bits per heavy atom. The van der Waals surface area contributed by atoms with E-state index in [1.165, 1.54) is 19.3 Å². The molecular weight excluding hydrogens is 280 g/mol. The van der Waals surface area contributed by atoms with Gasteiger partial charge in [-0.3, -0.25) is 4.79 Å². The van der Waals surface area contributed by atoms with E-state index in [9.17, 15) is 4.79 Å². The minimum Gasteiger partial charge on any atom is -0.497 e. The van der Waals surface area contributed by atoms with Crippen LogP contribution in [-0.4, -0.2) is 63.2 Å². The van der Waals surface area contributed by atoms with Gasteiger partial charge in [-0.05, 0) is 38.1 Å². The van der Waals surface area contributed by atoms with Crippen LogP contribution in [0, 0.1) is 0 Å². The van der Waals surface area contributed by atoms with Crippen LogP contribution in [0.15, 0.2) is 18.2 Å². The van der Waals surface area contributed by atoms with Gasteiger partial charge < -0.3 is 19.3 Å². The molecule has 0 aromatic heterocycles. The Bertz CT molecular complexity index is 476. The van der Waals surface area contributed by atoms with Crippen molar-refractivity contribution in [2.24, 2.45) is 0 Å². The zero-order chi connectivity index (χ0) is 15.9. The summed E-state index contributed by atoms with van der Waals surface area (Å²) in [4.78, 5) is 16.7. The Kier molecular flexibility index (Phi) is 6.07. The van der Waals surface area contributed by atoms with E-state index in [0.29, 0.717) is 17.1 Å². The molecule has 5 nitrogen and oxygen atoms in total. The number of hydrogen-bond acceptors (Lipinski definition) is 4. The molecule has 1 amide bonds. The summed E-state index contributed by atoms with van der Waals surface area (Å²) in [5.41, 5.74) is 0.595. The van der Waals surface area contributed by atoms with E-state index in [-0.39, 0.29) is 5.91 Å². The van der Waals surface area contributed by atoms with Crippen molar-refractivity contribution in [2.75, 3.05) is 47.4 Å². The van der Waals surface area contributed by atoms with Crippen molar-refractivity contribution in [3.63, 3.8) is 0 Å². The van der Waals surface area contributed by atoms with Crippen molar-refractivity contribution in [2.45, 2.75) is 19.3 Å². The third-order valence-corrected chi connectivity index (χ3v) is 4.15. The summed E-state index contributed by atoms with van der Waals surface area (Å²) in [6, 6.07) is 5.27. The van der Waals surface area contributed by atoms with Gasteiger partial charge in [-0.15, -0.1) is 0 Å². The van der Waals surface area contributed by atoms with Crippen molar-refractivity contribution in [3.05, 3.63) is 23.8 Å². The molecule has 0 radical (unpaired) electrons. The van der Waals surface area contributed by atoms with E-state index in [0.717, 1.165) is 26.2 Å². The summed E-state index contributed by atoms with van der Waals surface area (Å²) >= 11 is 0. The third kappa shape index (κ3) is 4.37. The Morgan fingerprint density at radius 1 is 1.09 bits per heavy atom. The lowest BCUT2D eigenvalue weighted by Crippen LogP contribution is -2.38. The number of nitrogens with zero attached hydrogens (tertiary/aromatic N) is 2. The Balaban J connectivity index is 1.97. The molecule has 0 bridgehead atoms. The molecule has 0 atom stereocenters. The summed E-state index contributed by atoms with van der Waals surface area (Å²) in [5, 5.41) is 0. The second kappa shape index (κ2) is 8.03. The van der Waals surface area contributed by atoms with E-state index in [4.69, 9.17) is 9.47 Å². The van der Waals surface area contributed by atoms with Crippen molar-refractivity contribution in [1.82, 2.24) is 9.80 Å². The highest BCUT2D eigenvalue weighted by Crippen LogP contribution is 2.23. The van der Waals surface area contributed by atoms with Gasteiger partial charge in [0.2, 0.25) is 0 Å². The van der Waals surface area contributed by atoms with Crippen LogP contribution in [0.3, 0.4) is 0 Å². The molecule has 1 aliphatic heterocycles. The van der Waals surface area contributed by atoms with Crippen LogP contribution in [0.1, 0.15) is 29.6 Å². The molecule has 1 fully saturated rings. The smallest absolute Gasteiger partial charge is 0.253 e. The van der Waals surface area contributed by atoms with E-state index < -0.39 is 0 Å². The summed E-state index contributed by atoms with van der Waals surface area (Å²) in [7, 11) is 5.02. The van der Waals surface area contributed by atoms with E-state index in [1.54, 1.807) is 37.3 Å². The molecule has 5 heteroatoms. The standard InChI is InChI=1S/C17H26N2O3/c1-18(9-10-19-7-5-4-6-8-19)17(20)14-11-15(21-2)13-16(12-14)22-3/h11-13H,4-10H2,1-3H3. The first-order chi connectivity index (χ1) is 10.6. The number of likely N-dealkylation sites (tertiary alicyclic amines) is 1. The molecule has 1 heterocycles. The molecule has 0 unspecified atom stereocenters. The molecule has 1 saturated heterocycles. The summed E-state index contributed by atoms with van der Waals surface area (Å²) in [5.74, 6) is 1.26. The zero-order valence-corrected chi connectivity index (χ0v) is 13.8. The maximum absolute atomic E-state index is 12.5. The van der Waals surface area contributed by atoms with Crippen molar-refractivity contribution in [1.29, 1.82) is 0 Å². The van der Waals surface area contributed by atoms with Gasteiger partial charge in [0.25, 0.3) is 5.91 Å². The highest BCUT2D eigenvalue weighted by Gasteiger charge is 2.16. The number of carbonyl (C=O) groups is 1. The van der Waals surface area contributed by atoms with Gasteiger partial charge in [0, 0.05) is 31.8 Å².